The highest BCUT2D eigenvalue weighted by Gasteiger charge is 2.00. The Hall–Kier alpha value is -1.31. The van der Waals surface area contributed by atoms with Gasteiger partial charge in [0, 0.05) is 0 Å². The minimum absolute atomic E-state index is 0.345. The minimum atomic E-state index is 0.345. The average molecular weight is 163 g/mol. The van der Waals surface area contributed by atoms with Crippen molar-refractivity contribution < 1.29 is 5.11 Å². The van der Waals surface area contributed by atoms with Crippen molar-refractivity contribution >= 4 is 6.21 Å². The molecule has 1 aromatic carbocycles. The van der Waals surface area contributed by atoms with Crippen molar-refractivity contribution in [3.8, 4) is 5.75 Å². The molecular formula is C10H13NO. The molecule has 2 N–H and O–H groups in total. The highest BCUT2D eigenvalue weighted by Crippen LogP contribution is 2.20. The molecule has 0 heterocycles. The predicted molar refractivity (Wildman–Crippen MR) is 49.9 cm³/mol. The van der Waals surface area contributed by atoms with Gasteiger partial charge in [0.2, 0.25) is 0 Å². The first-order chi connectivity index (χ1) is 5.75. The van der Waals surface area contributed by atoms with Gasteiger partial charge in [-0.05, 0) is 43.2 Å². The van der Waals surface area contributed by atoms with E-state index < -0.39 is 0 Å². The standard InChI is InChI=1S/C10H13NO/c1-8-9(5-3-7-11)4-2-6-10(8)12/h2,4,6-7,11-12H,3,5H2,1H3. The van der Waals surface area contributed by atoms with Crippen LogP contribution in [0.15, 0.2) is 18.2 Å². The molecule has 0 spiro atoms. The van der Waals surface area contributed by atoms with E-state index in [4.69, 9.17) is 5.41 Å². The molecule has 0 unspecified atom stereocenters. The zero-order valence-electron chi connectivity index (χ0n) is 7.17. The van der Waals surface area contributed by atoms with Gasteiger partial charge < -0.3 is 10.5 Å². The number of hydrogen-bond donors (Lipinski definition) is 2. The molecule has 12 heavy (non-hydrogen) atoms. The van der Waals surface area contributed by atoms with Crippen LogP contribution >= 0.6 is 0 Å². The minimum Gasteiger partial charge on any atom is -0.508 e. The second-order valence-electron chi connectivity index (χ2n) is 2.80. The van der Waals surface area contributed by atoms with Gasteiger partial charge in [0.25, 0.3) is 0 Å². The van der Waals surface area contributed by atoms with Crippen LogP contribution in [0.1, 0.15) is 17.5 Å². The van der Waals surface area contributed by atoms with E-state index in [1.165, 1.54) is 6.21 Å². The van der Waals surface area contributed by atoms with Crippen LogP contribution in [0.5, 0.6) is 5.75 Å². The Morgan fingerprint density at radius 2 is 2.25 bits per heavy atom. The van der Waals surface area contributed by atoms with Crippen LogP contribution in [0.25, 0.3) is 0 Å². The van der Waals surface area contributed by atoms with E-state index in [2.05, 4.69) is 0 Å². The summed E-state index contributed by atoms with van der Waals surface area (Å²) in [6.07, 6.45) is 2.97. The summed E-state index contributed by atoms with van der Waals surface area (Å²) >= 11 is 0. The van der Waals surface area contributed by atoms with Gasteiger partial charge in [0.1, 0.15) is 5.75 Å². The molecule has 64 valence electrons. The number of rotatable bonds is 3. The second kappa shape index (κ2) is 3.90. The van der Waals surface area contributed by atoms with E-state index in [-0.39, 0.29) is 0 Å². The predicted octanol–water partition coefficient (Wildman–Crippen LogP) is 2.28. The third-order valence-corrected chi connectivity index (χ3v) is 1.98. The van der Waals surface area contributed by atoms with Crippen LogP contribution in [0.4, 0.5) is 0 Å². The Kier molecular flexibility index (Phi) is 2.86. The van der Waals surface area contributed by atoms with E-state index in [0.29, 0.717) is 5.75 Å². The summed E-state index contributed by atoms with van der Waals surface area (Å²) < 4.78 is 0. The molecule has 2 nitrogen and oxygen atoms in total. The largest absolute Gasteiger partial charge is 0.508 e. The third-order valence-electron chi connectivity index (χ3n) is 1.98. The molecule has 0 fully saturated rings. The molecule has 0 amide bonds. The molecule has 0 saturated heterocycles. The number of benzene rings is 1. The molecule has 0 saturated carbocycles. The number of phenols is 1. The van der Waals surface area contributed by atoms with Crippen molar-refractivity contribution in [3.05, 3.63) is 29.3 Å². The maximum absolute atomic E-state index is 9.34. The van der Waals surface area contributed by atoms with Gasteiger partial charge in [0.15, 0.2) is 0 Å². The average Bonchev–Trinajstić information content (AvgIpc) is 2.08. The SMILES string of the molecule is Cc1c(O)cccc1CCC=N. The maximum Gasteiger partial charge on any atom is 0.118 e. The van der Waals surface area contributed by atoms with Crippen LogP contribution in [0, 0.1) is 12.3 Å². The Morgan fingerprint density at radius 3 is 2.92 bits per heavy atom. The van der Waals surface area contributed by atoms with Crippen LogP contribution in [-0.2, 0) is 6.42 Å². The van der Waals surface area contributed by atoms with Gasteiger partial charge in [-0.2, -0.15) is 0 Å². The first-order valence-electron chi connectivity index (χ1n) is 4.02. The Labute approximate surface area is 72.4 Å². The summed E-state index contributed by atoms with van der Waals surface area (Å²) in [7, 11) is 0. The fourth-order valence-electron chi connectivity index (χ4n) is 1.17. The van der Waals surface area contributed by atoms with Crippen LogP contribution in [-0.4, -0.2) is 11.3 Å². The molecule has 0 aliphatic rings. The smallest absolute Gasteiger partial charge is 0.118 e. The van der Waals surface area contributed by atoms with E-state index in [1.54, 1.807) is 6.07 Å². The van der Waals surface area contributed by atoms with Gasteiger partial charge in [0.05, 0.1) is 0 Å². The normalized spacial score (nSPS) is 9.75. The lowest BCUT2D eigenvalue weighted by molar-refractivity contribution is 0.470. The van der Waals surface area contributed by atoms with Crippen molar-refractivity contribution in [2.45, 2.75) is 19.8 Å². The lowest BCUT2D eigenvalue weighted by Gasteiger charge is -2.04. The van der Waals surface area contributed by atoms with Crippen LogP contribution in [0.3, 0.4) is 0 Å². The topological polar surface area (TPSA) is 44.1 Å². The van der Waals surface area contributed by atoms with Crippen molar-refractivity contribution in [2.75, 3.05) is 0 Å². The molecule has 1 rings (SSSR count). The summed E-state index contributed by atoms with van der Waals surface area (Å²) in [6.45, 7) is 1.90. The molecule has 0 aromatic heterocycles. The van der Waals surface area contributed by atoms with Gasteiger partial charge in [-0.15, -0.1) is 0 Å². The second-order valence-corrected chi connectivity index (χ2v) is 2.80. The van der Waals surface area contributed by atoms with Gasteiger partial charge in [-0.25, -0.2) is 0 Å². The molecule has 2 heteroatoms. The molecule has 1 aromatic rings. The summed E-state index contributed by atoms with van der Waals surface area (Å²) in [4.78, 5) is 0. The zero-order valence-corrected chi connectivity index (χ0v) is 7.17. The Morgan fingerprint density at radius 1 is 1.50 bits per heavy atom. The fourth-order valence-corrected chi connectivity index (χ4v) is 1.17. The number of nitrogens with one attached hydrogen (secondary N) is 1. The first kappa shape index (κ1) is 8.78. The summed E-state index contributed by atoms with van der Waals surface area (Å²) in [5.41, 5.74) is 2.05. The monoisotopic (exact) mass is 163 g/mol. The van der Waals surface area contributed by atoms with E-state index in [0.717, 1.165) is 24.0 Å². The molecule has 0 aliphatic carbocycles. The molecule has 0 bridgehead atoms. The molecular weight excluding hydrogens is 150 g/mol. The number of phenolic OH excluding ortho intramolecular Hbond substituents is 1. The Balaban J connectivity index is 2.84. The fraction of sp³-hybridized carbons (Fsp3) is 0.300. The first-order valence-corrected chi connectivity index (χ1v) is 4.02. The highest BCUT2D eigenvalue weighted by molar-refractivity contribution is 5.54. The van der Waals surface area contributed by atoms with E-state index in [1.807, 2.05) is 19.1 Å². The Bertz CT molecular complexity index is 281. The number of hydrogen-bond acceptors (Lipinski definition) is 2. The number of aryl methyl sites for hydroxylation is 1. The summed E-state index contributed by atoms with van der Waals surface area (Å²) in [5.74, 6) is 0.345. The lowest BCUT2D eigenvalue weighted by atomic mass is 10.0. The van der Waals surface area contributed by atoms with Crippen molar-refractivity contribution in [2.24, 2.45) is 0 Å². The molecule has 0 aliphatic heterocycles. The van der Waals surface area contributed by atoms with E-state index >= 15 is 0 Å². The quantitative estimate of drug-likeness (QED) is 0.659. The maximum atomic E-state index is 9.34. The van der Waals surface area contributed by atoms with E-state index in [9.17, 15) is 5.11 Å². The third kappa shape index (κ3) is 1.84. The molecule has 0 atom stereocenters. The highest BCUT2D eigenvalue weighted by atomic mass is 16.3. The van der Waals surface area contributed by atoms with Crippen LogP contribution < -0.4 is 0 Å². The summed E-state index contributed by atoms with van der Waals surface area (Å²) in [6, 6.07) is 5.50. The zero-order chi connectivity index (χ0) is 8.97. The van der Waals surface area contributed by atoms with Gasteiger partial charge >= 0.3 is 0 Å². The summed E-state index contributed by atoms with van der Waals surface area (Å²) in [5, 5.41) is 16.2. The van der Waals surface area contributed by atoms with Crippen molar-refractivity contribution in [1.29, 1.82) is 5.41 Å². The van der Waals surface area contributed by atoms with Gasteiger partial charge in [-0.3, -0.25) is 0 Å². The van der Waals surface area contributed by atoms with Crippen molar-refractivity contribution in [1.82, 2.24) is 0 Å². The molecule has 0 radical (unpaired) electrons. The lowest BCUT2D eigenvalue weighted by Crippen LogP contribution is -1.89. The van der Waals surface area contributed by atoms with Crippen LogP contribution in [0.2, 0.25) is 0 Å². The van der Waals surface area contributed by atoms with Gasteiger partial charge in [-0.1, -0.05) is 12.1 Å². The van der Waals surface area contributed by atoms with Crippen molar-refractivity contribution in [3.63, 3.8) is 0 Å². The number of aromatic hydroxyl groups is 1.